The quantitative estimate of drug-likeness (QED) is 0.349. The summed E-state index contributed by atoms with van der Waals surface area (Å²) in [6.07, 6.45) is -2.03. The molecule has 1 aromatic heterocycles. The molecule has 0 saturated carbocycles. The van der Waals surface area contributed by atoms with Gasteiger partial charge >= 0.3 is 6.18 Å². The summed E-state index contributed by atoms with van der Waals surface area (Å²) >= 11 is 5.61. The van der Waals surface area contributed by atoms with Crippen LogP contribution < -0.4 is 5.32 Å². The second-order valence-electron chi connectivity index (χ2n) is 8.82. The normalized spacial score (nSPS) is 15.7. The summed E-state index contributed by atoms with van der Waals surface area (Å²) in [5, 5.41) is 5.64. The number of nitrogens with zero attached hydrogens (tertiary/aromatic N) is 2. The Morgan fingerprint density at radius 1 is 1.13 bits per heavy atom. The minimum absolute atomic E-state index is 0.00340. The van der Waals surface area contributed by atoms with Crippen LogP contribution in [0.5, 0.6) is 0 Å². The number of aromatic nitrogens is 1. The first-order valence-electron chi connectivity index (χ1n) is 11.5. The smallest absolute Gasteiger partial charge is 0.355 e. The second kappa shape index (κ2) is 11.1. The molecule has 2 aromatic carbocycles. The van der Waals surface area contributed by atoms with Gasteiger partial charge in [0.15, 0.2) is 10.7 Å². The molecule has 208 valence electrons. The van der Waals surface area contributed by atoms with E-state index in [1.807, 2.05) is 0 Å². The lowest BCUT2D eigenvalue weighted by atomic mass is 9.97. The standard InChI is InChI=1S/C25H21ClF5N3O4S/c1-14-23(22(38-33-14)7-3-15-2-4-17(27)12-21(15)28)39(36,37)34-10-8-16(9-11-34)24(35)32-18-5-6-20(26)19(13-18)25(29,30)31/h2-7,12-13,16H,8-11H2,1H3,(H,32,35)/b7-3+. The van der Waals surface area contributed by atoms with E-state index in [1.165, 1.54) is 31.2 Å². The monoisotopic (exact) mass is 589 g/mol. The number of aryl methyl sites for hydroxylation is 1. The molecule has 0 radical (unpaired) electrons. The van der Waals surface area contributed by atoms with Crippen LogP contribution in [0.4, 0.5) is 27.6 Å². The van der Waals surface area contributed by atoms with Crippen LogP contribution in [0.3, 0.4) is 0 Å². The molecule has 1 aliphatic rings. The number of anilines is 1. The van der Waals surface area contributed by atoms with Gasteiger partial charge in [-0.15, -0.1) is 0 Å². The van der Waals surface area contributed by atoms with Crippen molar-refractivity contribution in [1.29, 1.82) is 0 Å². The maximum absolute atomic E-state index is 14.0. The highest BCUT2D eigenvalue weighted by atomic mass is 35.5. The predicted octanol–water partition coefficient (Wildman–Crippen LogP) is 6.14. The fourth-order valence-electron chi connectivity index (χ4n) is 4.15. The first kappa shape index (κ1) is 28.7. The molecule has 0 aliphatic carbocycles. The SMILES string of the molecule is Cc1noc(/C=C/c2ccc(F)cc2F)c1S(=O)(=O)N1CCC(C(=O)Nc2ccc(Cl)c(C(F)(F)F)c2)CC1. The number of nitrogens with one attached hydrogen (secondary N) is 1. The summed E-state index contributed by atoms with van der Waals surface area (Å²) < 4.78 is 99.5. The number of halogens is 6. The van der Waals surface area contributed by atoms with Gasteiger partial charge in [0.05, 0.1) is 10.6 Å². The van der Waals surface area contributed by atoms with Crippen molar-refractivity contribution >= 4 is 45.4 Å². The first-order valence-corrected chi connectivity index (χ1v) is 13.4. The molecule has 3 aromatic rings. The lowest BCUT2D eigenvalue weighted by molar-refractivity contribution is -0.137. The number of sulfonamides is 1. The summed E-state index contributed by atoms with van der Waals surface area (Å²) in [6, 6.07) is 5.94. The number of carbonyl (C=O) groups excluding carboxylic acids is 1. The van der Waals surface area contributed by atoms with E-state index in [2.05, 4.69) is 10.5 Å². The molecular weight excluding hydrogens is 569 g/mol. The van der Waals surface area contributed by atoms with Gasteiger partial charge in [-0.05, 0) is 62.2 Å². The summed E-state index contributed by atoms with van der Waals surface area (Å²) in [6.45, 7) is 1.33. The maximum Gasteiger partial charge on any atom is 0.417 e. The number of alkyl halides is 3. The Morgan fingerprint density at radius 3 is 2.46 bits per heavy atom. The van der Waals surface area contributed by atoms with Crippen LogP contribution in [0.2, 0.25) is 5.02 Å². The number of piperidine rings is 1. The largest absolute Gasteiger partial charge is 0.417 e. The Hall–Kier alpha value is -3.29. The van der Waals surface area contributed by atoms with E-state index in [0.29, 0.717) is 6.07 Å². The van der Waals surface area contributed by atoms with Gasteiger partial charge in [-0.25, -0.2) is 17.2 Å². The van der Waals surface area contributed by atoms with E-state index in [-0.39, 0.29) is 53.5 Å². The average molecular weight is 590 g/mol. The molecule has 1 N–H and O–H groups in total. The van der Waals surface area contributed by atoms with Gasteiger partial charge in [0.2, 0.25) is 15.9 Å². The zero-order valence-electron chi connectivity index (χ0n) is 20.2. The van der Waals surface area contributed by atoms with E-state index < -0.39 is 50.2 Å². The van der Waals surface area contributed by atoms with Crippen molar-refractivity contribution in [2.24, 2.45) is 5.92 Å². The van der Waals surface area contributed by atoms with Crippen molar-refractivity contribution in [2.75, 3.05) is 18.4 Å². The Bertz CT molecular complexity index is 1530. The maximum atomic E-state index is 14.0. The zero-order chi connectivity index (χ0) is 28.5. The van der Waals surface area contributed by atoms with Crippen molar-refractivity contribution < 1.29 is 39.7 Å². The van der Waals surface area contributed by atoms with Crippen molar-refractivity contribution in [3.8, 4) is 0 Å². The highest BCUT2D eigenvalue weighted by Crippen LogP contribution is 2.36. The molecular formula is C25H21ClF5N3O4S. The third-order valence-corrected chi connectivity index (χ3v) is 8.56. The zero-order valence-corrected chi connectivity index (χ0v) is 21.8. The van der Waals surface area contributed by atoms with Crippen molar-refractivity contribution in [3.05, 3.63) is 75.6 Å². The van der Waals surface area contributed by atoms with Gasteiger partial charge in [0.1, 0.15) is 17.3 Å². The lowest BCUT2D eigenvalue weighted by Crippen LogP contribution is -2.41. The molecule has 0 atom stereocenters. The van der Waals surface area contributed by atoms with Crippen LogP contribution in [-0.2, 0) is 21.0 Å². The lowest BCUT2D eigenvalue weighted by Gasteiger charge is -2.30. The van der Waals surface area contributed by atoms with E-state index in [0.717, 1.165) is 22.5 Å². The molecule has 0 unspecified atom stereocenters. The summed E-state index contributed by atoms with van der Waals surface area (Å²) in [7, 11) is -4.14. The van der Waals surface area contributed by atoms with Gasteiger partial charge in [0, 0.05) is 36.3 Å². The number of carbonyl (C=O) groups is 1. The van der Waals surface area contributed by atoms with E-state index in [1.54, 1.807) is 0 Å². The Morgan fingerprint density at radius 2 is 1.82 bits per heavy atom. The summed E-state index contributed by atoms with van der Waals surface area (Å²) in [4.78, 5) is 12.5. The molecule has 1 fully saturated rings. The second-order valence-corrected chi connectivity index (χ2v) is 11.1. The number of hydrogen-bond donors (Lipinski definition) is 1. The molecule has 1 amide bonds. The van der Waals surface area contributed by atoms with Crippen LogP contribution in [-0.4, -0.2) is 36.9 Å². The Labute approximate surface area is 225 Å². The molecule has 2 heterocycles. The van der Waals surface area contributed by atoms with Crippen LogP contribution >= 0.6 is 11.6 Å². The number of hydrogen-bond acceptors (Lipinski definition) is 5. The Balaban J connectivity index is 1.45. The fraction of sp³-hybridized carbons (Fsp3) is 0.280. The summed E-state index contributed by atoms with van der Waals surface area (Å²) in [5.41, 5.74) is -1.10. The molecule has 14 heteroatoms. The summed E-state index contributed by atoms with van der Waals surface area (Å²) in [5.74, 6) is -2.96. The molecule has 0 bridgehead atoms. The third-order valence-electron chi connectivity index (χ3n) is 6.17. The van der Waals surface area contributed by atoms with E-state index >= 15 is 0 Å². The molecule has 39 heavy (non-hydrogen) atoms. The molecule has 1 aliphatic heterocycles. The topological polar surface area (TPSA) is 92.5 Å². The molecule has 7 nitrogen and oxygen atoms in total. The van der Waals surface area contributed by atoms with Crippen LogP contribution in [0.25, 0.3) is 12.2 Å². The van der Waals surface area contributed by atoms with E-state index in [4.69, 9.17) is 16.1 Å². The van der Waals surface area contributed by atoms with Crippen molar-refractivity contribution in [3.63, 3.8) is 0 Å². The first-order chi connectivity index (χ1) is 18.3. The van der Waals surface area contributed by atoms with Crippen LogP contribution in [0, 0.1) is 24.5 Å². The number of rotatable bonds is 6. The minimum Gasteiger partial charge on any atom is -0.355 e. The highest BCUT2D eigenvalue weighted by molar-refractivity contribution is 7.89. The highest BCUT2D eigenvalue weighted by Gasteiger charge is 2.37. The van der Waals surface area contributed by atoms with Gasteiger partial charge in [0.25, 0.3) is 0 Å². The van der Waals surface area contributed by atoms with Crippen molar-refractivity contribution in [1.82, 2.24) is 9.46 Å². The molecule has 4 rings (SSSR count). The number of amides is 1. The average Bonchev–Trinajstić information content (AvgIpc) is 3.25. The van der Waals surface area contributed by atoms with Gasteiger partial charge in [-0.1, -0.05) is 16.8 Å². The van der Waals surface area contributed by atoms with Crippen LogP contribution in [0.15, 0.2) is 45.8 Å². The number of benzene rings is 2. The van der Waals surface area contributed by atoms with E-state index in [9.17, 15) is 35.2 Å². The van der Waals surface area contributed by atoms with Crippen molar-refractivity contribution in [2.45, 2.75) is 30.8 Å². The minimum atomic E-state index is -4.70. The third kappa shape index (κ3) is 6.31. The molecule has 1 saturated heterocycles. The molecule has 0 spiro atoms. The fourth-order valence-corrected chi connectivity index (χ4v) is 6.10. The van der Waals surface area contributed by atoms with Gasteiger partial charge in [-0.2, -0.15) is 17.5 Å². The Kier molecular flexibility index (Phi) is 8.14. The predicted molar refractivity (Wildman–Crippen MR) is 133 cm³/mol. The van der Waals surface area contributed by atoms with Gasteiger partial charge < -0.3 is 9.84 Å². The van der Waals surface area contributed by atoms with Gasteiger partial charge in [-0.3, -0.25) is 4.79 Å². The van der Waals surface area contributed by atoms with Crippen LogP contribution in [0.1, 0.15) is 35.4 Å².